The predicted octanol–water partition coefficient (Wildman–Crippen LogP) is 4.17. The summed E-state index contributed by atoms with van der Waals surface area (Å²) in [4.78, 5) is 28.2. The van der Waals surface area contributed by atoms with E-state index in [0.717, 1.165) is 49.9 Å². The fourth-order valence-corrected chi connectivity index (χ4v) is 4.91. The molecule has 1 fully saturated rings. The molecule has 0 bridgehead atoms. The number of hydrogen-bond acceptors (Lipinski definition) is 6. The lowest BCUT2D eigenvalue weighted by molar-refractivity contribution is -0.126. The number of aryl methyl sites for hydroxylation is 2. The molecule has 0 saturated carbocycles. The quantitative estimate of drug-likeness (QED) is 0.537. The van der Waals surface area contributed by atoms with E-state index in [4.69, 9.17) is 15.2 Å². The largest absolute Gasteiger partial charge is 0.365 e. The van der Waals surface area contributed by atoms with Gasteiger partial charge in [-0.1, -0.05) is 36.4 Å². The summed E-state index contributed by atoms with van der Waals surface area (Å²) in [7, 11) is 0. The second kappa shape index (κ2) is 10.6. The summed E-state index contributed by atoms with van der Waals surface area (Å²) in [5.74, 6) is 1.86. The van der Waals surface area contributed by atoms with Gasteiger partial charge in [-0.3, -0.25) is 4.79 Å². The Hall–Kier alpha value is -3.92. The number of amides is 1. The number of fused-ring (bicyclic) bond motifs is 2. The maximum atomic E-state index is 11.9. The molecule has 35 heavy (non-hydrogen) atoms. The molecule has 180 valence electrons. The van der Waals surface area contributed by atoms with E-state index >= 15 is 0 Å². The third kappa shape index (κ3) is 5.12. The van der Waals surface area contributed by atoms with E-state index in [9.17, 15) is 4.79 Å². The molecule has 0 unspecified atom stereocenters. The van der Waals surface area contributed by atoms with Gasteiger partial charge >= 0.3 is 0 Å². The van der Waals surface area contributed by atoms with Crippen LogP contribution >= 0.6 is 0 Å². The van der Waals surface area contributed by atoms with E-state index in [0.29, 0.717) is 13.1 Å². The Kier molecular flexibility index (Phi) is 7.31. The van der Waals surface area contributed by atoms with Gasteiger partial charge in [0.2, 0.25) is 5.91 Å². The zero-order chi connectivity index (χ0) is 24.9. The van der Waals surface area contributed by atoms with Crippen molar-refractivity contribution < 1.29 is 4.79 Å². The van der Waals surface area contributed by atoms with Gasteiger partial charge in [0.25, 0.3) is 0 Å². The first-order valence-electron chi connectivity index (χ1n) is 12.0. The minimum atomic E-state index is 0.00603. The average Bonchev–Trinajstić information content (AvgIpc) is 2.87. The summed E-state index contributed by atoms with van der Waals surface area (Å²) in [5, 5.41) is 9.88. The molecule has 0 aliphatic carbocycles. The Morgan fingerprint density at radius 3 is 2.51 bits per heavy atom. The average molecular weight is 469 g/mol. The van der Waals surface area contributed by atoms with Gasteiger partial charge in [-0.25, -0.2) is 9.97 Å². The first-order valence-corrected chi connectivity index (χ1v) is 12.0. The molecule has 1 saturated heterocycles. The molecule has 2 aliphatic rings. The molecule has 7 heteroatoms. The van der Waals surface area contributed by atoms with Gasteiger partial charge in [0.1, 0.15) is 11.6 Å². The van der Waals surface area contributed by atoms with E-state index in [1.165, 1.54) is 40.6 Å². The number of benzene rings is 2. The molecule has 0 spiro atoms. The molecule has 3 aromatic rings. The van der Waals surface area contributed by atoms with Crippen LogP contribution < -0.4 is 9.80 Å². The Morgan fingerprint density at radius 2 is 1.80 bits per heavy atom. The topological polar surface area (TPSA) is 76.4 Å². The van der Waals surface area contributed by atoms with Crippen LogP contribution in [0.15, 0.2) is 49.1 Å². The summed E-state index contributed by atoms with van der Waals surface area (Å²) in [6.45, 7) is 13.9. The van der Waals surface area contributed by atoms with Crippen molar-refractivity contribution in [1.29, 1.82) is 5.26 Å². The molecule has 5 rings (SSSR count). The van der Waals surface area contributed by atoms with E-state index in [-0.39, 0.29) is 5.91 Å². The van der Waals surface area contributed by atoms with Crippen molar-refractivity contribution in [3.05, 3.63) is 71.7 Å². The lowest BCUT2D eigenvalue weighted by Crippen LogP contribution is -2.49. The first-order chi connectivity index (χ1) is 16.9. The van der Waals surface area contributed by atoms with Crippen LogP contribution in [-0.2, 0) is 17.8 Å². The molecule has 7 nitrogen and oxygen atoms in total. The molecular formula is C28H32N6O. The third-order valence-corrected chi connectivity index (χ3v) is 6.58. The van der Waals surface area contributed by atoms with E-state index < -0.39 is 0 Å². The summed E-state index contributed by atoms with van der Waals surface area (Å²) in [6, 6.07) is 14.9. The zero-order valence-corrected chi connectivity index (χ0v) is 20.8. The van der Waals surface area contributed by atoms with Gasteiger partial charge in [-0.15, -0.1) is 0 Å². The van der Waals surface area contributed by atoms with Gasteiger partial charge < -0.3 is 14.7 Å². The van der Waals surface area contributed by atoms with Crippen molar-refractivity contribution in [2.24, 2.45) is 0 Å². The van der Waals surface area contributed by atoms with Crippen LogP contribution in [0.2, 0.25) is 0 Å². The number of nitrogens with zero attached hydrogens (tertiary/aromatic N) is 6. The molecule has 1 amide bonds. The van der Waals surface area contributed by atoms with Gasteiger partial charge in [0.15, 0.2) is 0 Å². The summed E-state index contributed by atoms with van der Waals surface area (Å²) >= 11 is 0. The normalized spacial score (nSPS) is 15.1. The SMILES string of the molecule is C=CC(=O)N1CCN(c2nc(C)nc3c2CCN(c2cccc4ccc(C)cc24)C3)CC1.CC#N. The molecule has 3 heterocycles. The minimum absolute atomic E-state index is 0.00603. The molecule has 2 aliphatic heterocycles. The summed E-state index contributed by atoms with van der Waals surface area (Å²) in [6.07, 6.45) is 2.31. The molecule has 0 atom stereocenters. The van der Waals surface area contributed by atoms with Crippen molar-refractivity contribution in [1.82, 2.24) is 14.9 Å². The first kappa shape index (κ1) is 24.2. The molecule has 0 radical (unpaired) electrons. The highest BCUT2D eigenvalue weighted by atomic mass is 16.2. The molecule has 2 aromatic carbocycles. The number of nitriles is 1. The number of anilines is 2. The smallest absolute Gasteiger partial charge is 0.246 e. The second-order valence-electron chi connectivity index (χ2n) is 8.93. The van der Waals surface area contributed by atoms with Crippen LogP contribution in [-0.4, -0.2) is 53.5 Å². The van der Waals surface area contributed by atoms with Gasteiger partial charge in [-0.05, 0) is 43.9 Å². The van der Waals surface area contributed by atoms with Gasteiger partial charge in [0, 0.05) is 56.3 Å². The second-order valence-corrected chi connectivity index (χ2v) is 8.93. The summed E-state index contributed by atoms with van der Waals surface area (Å²) < 4.78 is 0. The Morgan fingerprint density at radius 1 is 1.06 bits per heavy atom. The molecule has 0 N–H and O–H groups in total. The number of carbonyl (C=O) groups is 1. The highest BCUT2D eigenvalue weighted by Crippen LogP contribution is 2.33. The van der Waals surface area contributed by atoms with Crippen LogP contribution in [0.3, 0.4) is 0 Å². The van der Waals surface area contributed by atoms with Gasteiger partial charge in [0.05, 0.1) is 18.3 Å². The van der Waals surface area contributed by atoms with Gasteiger partial charge in [-0.2, -0.15) is 5.26 Å². The Balaban J connectivity index is 0.000000917. The number of piperazine rings is 1. The van der Waals surface area contributed by atoms with Crippen LogP contribution in [0.25, 0.3) is 10.8 Å². The van der Waals surface area contributed by atoms with Crippen molar-refractivity contribution in [2.75, 3.05) is 42.5 Å². The predicted molar refractivity (Wildman–Crippen MR) is 140 cm³/mol. The summed E-state index contributed by atoms with van der Waals surface area (Å²) in [5.41, 5.74) is 4.92. The maximum Gasteiger partial charge on any atom is 0.246 e. The highest BCUT2D eigenvalue weighted by Gasteiger charge is 2.28. The lowest BCUT2D eigenvalue weighted by Gasteiger charge is -2.38. The Bertz CT molecular complexity index is 1290. The van der Waals surface area contributed by atoms with E-state index in [1.54, 1.807) is 6.07 Å². The van der Waals surface area contributed by atoms with E-state index in [1.807, 2.05) is 11.8 Å². The van der Waals surface area contributed by atoms with Crippen LogP contribution in [0, 0.1) is 25.2 Å². The standard InChI is InChI=1S/C26H29N5O.C2H3N/c1-4-25(32)29-12-14-30(15-13-29)26-21-10-11-31(17-23(21)27-19(3)28-26)24-7-5-6-20-9-8-18(2)16-22(20)24;1-2-3/h4-9,16H,1,10-15,17H2,2-3H3;1H3. The van der Waals surface area contributed by atoms with Crippen molar-refractivity contribution >= 4 is 28.2 Å². The molecular weight excluding hydrogens is 436 g/mol. The Labute approximate surface area is 207 Å². The van der Waals surface area contributed by atoms with Crippen LogP contribution in [0.4, 0.5) is 11.5 Å². The van der Waals surface area contributed by atoms with E-state index in [2.05, 4.69) is 59.7 Å². The minimum Gasteiger partial charge on any atom is -0.365 e. The van der Waals surface area contributed by atoms with Crippen molar-refractivity contribution in [3.63, 3.8) is 0 Å². The zero-order valence-electron chi connectivity index (χ0n) is 20.8. The third-order valence-electron chi connectivity index (χ3n) is 6.58. The highest BCUT2D eigenvalue weighted by molar-refractivity contribution is 5.95. The van der Waals surface area contributed by atoms with Crippen LogP contribution in [0.1, 0.15) is 29.6 Å². The monoisotopic (exact) mass is 468 g/mol. The van der Waals surface area contributed by atoms with Crippen molar-refractivity contribution in [3.8, 4) is 6.07 Å². The number of rotatable bonds is 3. The van der Waals surface area contributed by atoms with Crippen molar-refractivity contribution in [2.45, 2.75) is 33.7 Å². The lowest BCUT2D eigenvalue weighted by atomic mass is 10.0. The molecule has 1 aromatic heterocycles. The maximum absolute atomic E-state index is 11.9. The number of hydrogen-bond donors (Lipinski definition) is 0. The fourth-order valence-electron chi connectivity index (χ4n) is 4.91. The number of carbonyl (C=O) groups excluding carboxylic acids is 1. The fraction of sp³-hybridized carbons (Fsp3) is 0.357. The number of aromatic nitrogens is 2. The van der Waals surface area contributed by atoms with Crippen LogP contribution in [0.5, 0.6) is 0 Å².